The van der Waals surface area contributed by atoms with Crippen molar-refractivity contribution in [2.24, 2.45) is 0 Å². The predicted molar refractivity (Wildman–Crippen MR) is 86.0 cm³/mol. The number of benzene rings is 1. The first-order chi connectivity index (χ1) is 12.1. The van der Waals surface area contributed by atoms with Gasteiger partial charge in [-0.05, 0) is 32.9 Å². The van der Waals surface area contributed by atoms with Crippen molar-refractivity contribution >= 4 is 5.97 Å². The lowest BCUT2D eigenvalue weighted by atomic mass is 10.2. The molecule has 0 aliphatic heterocycles. The number of rotatable bonds is 6. The highest BCUT2D eigenvalue weighted by Crippen LogP contribution is 2.27. The summed E-state index contributed by atoms with van der Waals surface area (Å²) in [5, 5.41) is 7.64. The fraction of sp³-hybridized carbons (Fsp3) is 0.294. The molecule has 0 bridgehead atoms. The second kappa shape index (κ2) is 7.16. The van der Waals surface area contributed by atoms with Crippen molar-refractivity contribution in [3.63, 3.8) is 0 Å². The maximum absolute atomic E-state index is 12.1. The number of nitrogens with zero attached hydrogens (tertiary/aromatic N) is 3. The van der Waals surface area contributed by atoms with Crippen LogP contribution in [-0.2, 0) is 11.3 Å². The fourth-order valence-electron chi connectivity index (χ4n) is 2.33. The number of esters is 1. The van der Waals surface area contributed by atoms with Gasteiger partial charge in [-0.2, -0.15) is 4.98 Å². The minimum atomic E-state index is -0.550. The lowest BCUT2D eigenvalue weighted by Crippen LogP contribution is -2.07. The van der Waals surface area contributed by atoms with Crippen molar-refractivity contribution in [2.75, 3.05) is 6.61 Å². The summed E-state index contributed by atoms with van der Waals surface area (Å²) < 4.78 is 20.8. The predicted octanol–water partition coefficient (Wildman–Crippen LogP) is 3.10. The molecule has 2 heterocycles. The quantitative estimate of drug-likeness (QED) is 0.629. The third kappa shape index (κ3) is 3.52. The summed E-state index contributed by atoms with van der Waals surface area (Å²) in [7, 11) is 0. The van der Waals surface area contributed by atoms with Gasteiger partial charge >= 0.3 is 5.97 Å². The summed E-state index contributed by atoms with van der Waals surface area (Å²) in [5.74, 6) is 1.06. The van der Waals surface area contributed by atoms with Crippen LogP contribution in [0.4, 0.5) is 0 Å². The SMILES string of the molecule is CCOc1ccccc1-c1noc(COC(=O)c2c(C)noc2C)n1. The number of hydrogen-bond donors (Lipinski definition) is 0. The normalized spacial score (nSPS) is 10.7. The van der Waals surface area contributed by atoms with Crippen LogP contribution in [0.2, 0.25) is 0 Å². The van der Waals surface area contributed by atoms with E-state index >= 15 is 0 Å². The van der Waals surface area contributed by atoms with Crippen molar-refractivity contribution in [1.82, 2.24) is 15.3 Å². The first-order valence-corrected chi connectivity index (χ1v) is 7.75. The van der Waals surface area contributed by atoms with Gasteiger partial charge in [-0.1, -0.05) is 22.4 Å². The highest BCUT2D eigenvalue weighted by Gasteiger charge is 2.20. The molecule has 0 aliphatic rings. The number of carbonyl (C=O) groups is 1. The number of carbonyl (C=O) groups excluding carboxylic acids is 1. The van der Waals surface area contributed by atoms with Crippen LogP contribution >= 0.6 is 0 Å². The van der Waals surface area contributed by atoms with Crippen LogP contribution in [0.3, 0.4) is 0 Å². The molecule has 0 unspecified atom stereocenters. The largest absolute Gasteiger partial charge is 0.493 e. The summed E-state index contributed by atoms with van der Waals surface area (Å²) in [6.45, 7) is 5.59. The van der Waals surface area contributed by atoms with Crippen LogP contribution in [0.15, 0.2) is 33.3 Å². The minimum absolute atomic E-state index is 0.146. The summed E-state index contributed by atoms with van der Waals surface area (Å²) in [6.07, 6.45) is 0. The van der Waals surface area contributed by atoms with E-state index in [0.29, 0.717) is 40.8 Å². The van der Waals surface area contributed by atoms with Gasteiger partial charge in [0.05, 0.1) is 17.9 Å². The summed E-state index contributed by atoms with van der Waals surface area (Å²) in [6, 6.07) is 7.37. The summed E-state index contributed by atoms with van der Waals surface area (Å²) in [4.78, 5) is 16.4. The van der Waals surface area contributed by atoms with Crippen LogP contribution in [0, 0.1) is 13.8 Å². The molecule has 130 valence electrons. The molecular weight excluding hydrogens is 326 g/mol. The van der Waals surface area contributed by atoms with E-state index < -0.39 is 5.97 Å². The Balaban J connectivity index is 1.71. The Hall–Kier alpha value is -3.16. The Kier molecular flexibility index (Phi) is 4.78. The zero-order chi connectivity index (χ0) is 17.8. The van der Waals surface area contributed by atoms with Gasteiger partial charge in [-0.15, -0.1) is 0 Å². The molecule has 2 aromatic heterocycles. The molecule has 1 aromatic carbocycles. The van der Waals surface area contributed by atoms with Gasteiger partial charge in [-0.3, -0.25) is 0 Å². The second-order valence-electron chi connectivity index (χ2n) is 5.22. The minimum Gasteiger partial charge on any atom is -0.493 e. The third-order valence-electron chi connectivity index (χ3n) is 3.46. The Morgan fingerprint density at radius 2 is 1.96 bits per heavy atom. The molecule has 0 aliphatic carbocycles. The molecule has 3 aromatic rings. The Morgan fingerprint density at radius 3 is 2.68 bits per heavy atom. The zero-order valence-corrected chi connectivity index (χ0v) is 14.1. The lowest BCUT2D eigenvalue weighted by Gasteiger charge is -2.06. The van der Waals surface area contributed by atoms with Crippen molar-refractivity contribution in [2.45, 2.75) is 27.4 Å². The Labute approximate surface area is 143 Å². The van der Waals surface area contributed by atoms with Gasteiger partial charge < -0.3 is 18.5 Å². The van der Waals surface area contributed by atoms with Crippen LogP contribution in [-0.4, -0.2) is 27.9 Å². The van der Waals surface area contributed by atoms with Gasteiger partial charge in [0.15, 0.2) is 6.61 Å². The molecule has 0 radical (unpaired) electrons. The van der Waals surface area contributed by atoms with E-state index in [2.05, 4.69) is 15.3 Å². The molecule has 25 heavy (non-hydrogen) atoms. The van der Waals surface area contributed by atoms with E-state index in [1.165, 1.54) is 0 Å². The molecule has 0 saturated heterocycles. The third-order valence-corrected chi connectivity index (χ3v) is 3.46. The molecule has 8 nitrogen and oxygen atoms in total. The highest BCUT2D eigenvalue weighted by molar-refractivity contribution is 5.91. The first-order valence-electron chi connectivity index (χ1n) is 7.75. The van der Waals surface area contributed by atoms with Crippen molar-refractivity contribution < 1.29 is 23.3 Å². The van der Waals surface area contributed by atoms with Crippen LogP contribution in [0.25, 0.3) is 11.4 Å². The Morgan fingerprint density at radius 1 is 1.16 bits per heavy atom. The average molecular weight is 343 g/mol. The molecule has 0 saturated carbocycles. The molecule has 0 spiro atoms. The smallest absolute Gasteiger partial charge is 0.344 e. The monoisotopic (exact) mass is 343 g/mol. The number of hydrogen-bond acceptors (Lipinski definition) is 8. The van der Waals surface area contributed by atoms with E-state index in [1.54, 1.807) is 13.8 Å². The molecule has 0 atom stereocenters. The van der Waals surface area contributed by atoms with E-state index in [4.69, 9.17) is 18.5 Å². The molecule has 0 N–H and O–H groups in total. The standard InChI is InChI=1S/C17H17N3O5/c1-4-22-13-8-6-5-7-12(13)16-18-14(25-20-16)9-23-17(21)15-10(2)19-24-11(15)3/h5-8H,4,9H2,1-3H3. The fourth-order valence-corrected chi connectivity index (χ4v) is 2.33. The maximum Gasteiger partial charge on any atom is 0.344 e. The summed E-state index contributed by atoms with van der Waals surface area (Å²) in [5.41, 5.74) is 1.48. The van der Waals surface area contributed by atoms with Crippen molar-refractivity contribution in [3.05, 3.63) is 47.2 Å². The van der Waals surface area contributed by atoms with Crippen LogP contribution < -0.4 is 4.74 Å². The number of aromatic nitrogens is 3. The highest BCUT2D eigenvalue weighted by atomic mass is 16.6. The van der Waals surface area contributed by atoms with Gasteiger partial charge in [0, 0.05) is 0 Å². The van der Waals surface area contributed by atoms with Gasteiger partial charge in [0.2, 0.25) is 5.82 Å². The van der Waals surface area contributed by atoms with Gasteiger partial charge in [0.25, 0.3) is 5.89 Å². The lowest BCUT2D eigenvalue weighted by molar-refractivity contribution is 0.0427. The molecule has 0 fully saturated rings. The van der Waals surface area contributed by atoms with Gasteiger partial charge in [0.1, 0.15) is 17.1 Å². The zero-order valence-electron chi connectivity index (χ0n) is 14.1. The first kappa shape index (κ1) is 16.7. The molecule has 8 heteroatoms. The van der Waals surface area contributed by atoms with Crippen molar-refractivity contribution in [3.8, 4) is 17.1 Å². The number of ether oxygens (including phenoxy) is 2. The van der Waals surface area contributed by atoms with E-state index in [0.717, 1.165) is 0 Å². The molecule has 0 amide bonds. The Bertz CT molecular complexity index is 865. The van der Waals surface area contributed by atoms with Crippen molar-refractivity contribution in [1.29, 1.82) is 0 Å². The van der Waals surface area contributed by atoms with Gasteiger partial charge in [-0.25, -0.2) is 4.79 Å². The topological polar surface area (TPSA) is 100 Å². The second-order valence-corrected chi connectivity index (χ2v) is 5.22. The molecule has 3 rings (SSSR count). The van der Waals surface area contributed by atoms with Crippen LogP contribution in [0.5, 0.6) is 5.75 Å². The van der Waals surface area contributed by atoms with E-state index in [1.807, 2.05) is 31.2 Å². The number of para-hydroxylation sites is 1. The molecular formula is C17H17N3O5. The van der Waals surface area contributed by atoms with E-state index in [-0.39, 0.29) is 12.5 Å². The maximum atomic E-state index is 12.1. The average Bonchev–Trinajstić information content (AvgIpc) is 3.20. The van der Waals surface area contributed by atoms with Crippen LogP contribution in [0.1, 0.15) is 34.6 Å². The van der Waals surface area contributed by atoms with E-state index in [9.17, 15) is 4.79 Å². The summed E-state index contributed by atoms with van der Waals surface area (Å²) >= 11 is 0. The number of aryl methyl sites for hydroxylation is 2.